The molecule has 1 unspecified atom stereocenters. The normalized spacial score (nSPS) is 16.3. The minimum Gasteiger partial charge on any atom is -0.462 e. The number of hydrogen-bond acceptors (Lipinski definition) is 6. The first kappa shape index (κ1) is 24.1. The van der Waals surface area contributed by atoms with Crippen LogP contribution in [0.2, 0.25) is 0 Å². The van der Waals surface area contributed by atoms with Crippen molar-refractivity contribution >= 4 is 26.9 Å². The number of rotatable bonds is 8. The van der Waals surface area contributed by atoms with Crippen molar-refractivity contribution in [2.24, 2.45) is 0 Å². The summed E-state index contributed by atoms with van der Waals surface area (Å²) in [6.07, 6.45) is 1.37. The smallest absolute Gasteiger partial charge is 0.338 e. The lowest BCUT2D eigenvalue weighted by molar-refractivity contribution is 0.0526. The molecule has 1 aliphatic rings. The predicted octanol–water partition coefficient (Wildman–Crippen LogP) is 3.38. The van der Waals surface area contributed by atoms with Crippen LogP contribution < -0.4 is 5.56 Å². The van der Waals surface area contributed by atoms with Gasteiger partial charge in [-0.3, -0.25) is 4.79 Å². The number of ether oxygens (including phenoxy) is 2. The van der Waals surface area contributed by atoms with Crippen molar-refractivity contribution in [3.05, 3.63) is 75.6 Å². The van der Waals surface area contributed by atoms with Crippen molar-refractivity contribution < 1.29 is 22.7 Å². The highest BCUT2D eigenvalue weighted by Gasteiger charge is 2.30. The van der Waals surface area contributed by atoms with Crippen molar-refractivity contribution in [3.8, 4) is 0 Å². The van der Waals surface area contributed by atoms with Gasteiger partial charge in [0.05, 0.1) is 28.7 Å². The monoisotopic (exact) mass is 484 g/mol. The third-order valence-electron chi connectivity index (χ3n) is 5.95. The van der Waals surface area contributed by atoms with Gasteiger partial charge in [0.15, 0.2) is 0 Å². The minimum absolute atomic E-state index is 0.0339. The number of carbonyl (C=O) groups excluding carboxylic acids is 1. The highest BCUT2D eigenvalue weighted by molar-refractivity contribution is 7.89. The number of nitrogens with zero attached hydrogens (tertiary/aromatic N) is 1. The molecule has 180 valence electrons. The number of sulfonamides is 1. The Morgan fingerprint density at radius 3 is 2.65 bits per heavy atom. The molecule has 2 aromatic carbocycles. The van der Waals surface area contributed by atoms with E-state index in [4.69, 9.17) is 9.47 Å². The maximum atomic E-state index is 13.6. The summed E-state index contributed by atoms with van der Waals surface area (Å²) in [7, 11) is -3.97. The lowest BCUT2D eigenvalue weighted by Gasteiger charge is -2.25. The number of hydrogen-bond donors (Lipinski definition) is 1. The molecule has 1 saturated heterocycles. The van der Waals surface area contributed by atoms with E-state index in [9.17, 15) is 18.0 Å². The fourth-order valence-electron chi connectivity index (χ4n) is 4.13. The highest BCUT2D eigenvalue weighted by Crippen LogP contribution is 2.23. The first-order valence-electron chi connectivity index (χ1n) is 11.3. The van der Waals surface area contributed by atoms with E-state index in [1.807, 2.05) is 25.1 Å². The molecule has 9 heteroatoms. The number of fused-ring (bicyclic) bond motifs is 1. The number of H-pyrrole nitrogens is 1. The maximum Gasteiger partial charge on any atom is 0.338 e. The first-order valence-corrected chi connectivity index (χ1v) is 12.7. The summed E-state index contributed by atoms with van der Waals surface area (Å²) in [6, 6.07) is 13.1. The SMILES string of the molecule is CCOC(=O)c1ccc(S(=O)(=O)N(Cc2cc3cccc(C)c3[nH]c2=O)CC2CCCO2)cc1. The van der Waals surface area contributed by atoms with Crippen LogP contribution >= 0.6 is 0 Å². The van der Waals surface area contributed by atoms with E-state index in [1.54, 1.807) is 13.0 Å². The van der Waals surface area contributed by atoms with E-state index >= 15 is 0 Å². The molecule has 0 aliphatic carbocycles. The number of pyridine rings is 1. The van der Waals surface area contributed by atoms with Crippen LogP contribution in [0.25, 0.3) is 10.9 Å². The van der Waals surface area contributed by atoms with Gasteiger partial charge in [0.2, 0.25) is 10.0 Å². The summed E-state index contributed by atoms with van der Waals surface area (Å²) in [5, 5.41) is 0.836. The number of nitrogens with one attached hydrogen (secondary N) is 1. The van der Waals surface area contributed by atoms with Crippen molar-refractivity contribution in [2.45, 2.75) is 44.2 Å². The second kappa shape index (κ2) is 10.1. The lowest BCUT2D eigenvalue weighted by atomic mass is 10.1. The predicted molar refractivity (Wildman–Crippen MR) is 128 cm³/mol. The molecule has 0 amide bonds. The van der Waals surface area contributed by atoms with Crippen LogP contribution in [-0.2, 0) is 26.0 Å². The van der Waals surface area contributed by atoms with Gasteiger partial charge in [0.25, 0.3) is 5.56 Å². The Kier molecular flexibility index (Phi) is 7.16. The lowest BCUT2D eigenvalue weighted by Crippen LogP contribution is -2.38. The molecule has 1 aliphatic heterocycles. The zero-order chi connectivity index (χ0) is 24.3. The van der Waals surface area contributed by atoms with Gasteiger partial charge in [-0.15, -0.1) is 0 Å². The molecule has 4 rings (SSSR count). The Hall–Kier alpha value is -3.01. The highest BCUT2D eigenvalue weighted by atomic mass is 32.2. The summed E-state index contributed by atoms with van der Waals surface area (Å²) >= 11 is 0. The molecular weight excluding hydrogens is 456 g/mol. The number of para-hydroxylation sites is 1. The average Bonchev–Trinajstić information content (AvgIpc) is 3.33. The minimum atomic E-state index is -3.97. The molecule has 1 N–H and O–H groups in total. The summed E-state index contributed by atoms with van der Waals surface area (Å²) in [5.74, 6) is -0.513. The molecule has 0 bridgehead atoms. The average molecular weight is 485 g/mol. The van der Waals surface area contributed by atoms with Crippen molar-refractivity contribution in [1.82, 2.24) is 9.29 Å². The number of esters is 1. The molecular formula is C25H28N2O6S. The van der Waals surface area contributed by atoms with Gasteiger partial charge < -0.3 is 14.5 Å². The number of aromatic nitrogens is 1. The van der Waals surface area contributed by atoms with Crippen LogP contribution in [0.15, 0.2) is 58.2 Å². The maximum absolute atomic E-state index is 13.6. The largest absolute Gasteiger partial charge is 0.462 e. The molecule has 1 aromatic heterocycles. The zero-order valence-corrected chi connectivity index (χ0v) is 20.1. The molecule has 1 atom stereocenters. The summed E-state index contributed by atoms with van der Waals surface area (Å²) in [6.45, 7) is 4.46. The van der Waals surface area contributed by atoms with Gasteiger partial charge in [0.1, 0.15) is 0 Å². The topological polar surface area (TPSA) is 106 Å². The molecule has 8 nitrogen and oxygen atoms in total. The fraction of sp³-hybridized carbons (Fsp3) is 0.360. The summed E-state index contributed by atoms with van der Waals surface area (Å²) < 4.78 is 39.2. The third-order valence-corrected chi connectivity index (χ3v) is 7.77. The molecule has 1 fully saturated rings. The molecule has 2 heterocycles. The quantitative estimate of drug-likeness (QED) is 0.492. The summed E-state index contributed by atoms with van der Waals surface area (Å²) in [5.41, 5.74) is 1.97. The first-order chi connectivity index (χ1) is 16.3. The van der Waals surface area contributed by atoms with E-state index in [1.165, 1.54) is 28.6 Å². The van der Waals surface area contributed by atoms with Gasteiger partial charge in [-0.25, -0.2) is 13.2 Å². The van der Waals surface area contributed by atoms with Gasteiger partial charge in [-0.05, 0) is 68.0 Å². The standard InChI is InChI=1S/C25H28N2O6S/c1-3-32-25(29)18-9-11-22(12-10-18)34(30,31)27(16-21-8-5-13-33-21)15-20-14-19-7-4-6-17(2)23(19)26-24(20)28/h4,6-7,9-12,14,21H,3,5,8,13,15-16H2,1-2H3,(H,26,28). The van der Waals surface area contributed by atoms with Gasteiger partial charge in [-0.1, -0.05) is 18.2 Å². The molecule has 0 spiro atoms. The second-order valence-corrected chi connectivity index (χ2v) is 10.3. The zero-order valence-electron chi connectivity index (χ0n) is 19.2. The van der Waals surface area contributed by atoms with Crippen molar-refractivity contribution in [2.75, 3.05) is 19.8 Å². The Labute approximate surface area is 198 Å². The number of carbonyl (C=O) groups is 1. The van der Waals surface area contributed by atoms with E-state index in [2.05, 4.69) is 4.98 Å². The Bertz CT molecular complexity index is 1340. The van der Waals surface area contributed by atoms with Crippen LogP contribution in [0.5, 0.6) is 0 Å². The number of aryl methyl sites for hydroxylation is 1. The second-order valence-electron chi connectivity index (χ2n) is 8.34. The van der Waals surface area contributed by atoms with Crippen molar-refractivity contribution in [1.29, 1.82) is 0 Å². The van der Waals surface area contributed by atoms with Gasteiger partial charge >= 0.3 is 5.97 Å². The van der Waals surface area contributed by atoms with Crippen LogP contribution in [0.4, 0.5) is 0 Å². The molecule has 34 heavy (non-hydrogen) atoms. The Morgan fingerprint density at radius 2 is 1.97 bits per heavy atom. The van der Waals surface area contributed by atoms with Gasteiger partial charge in [0, 0.05) is 25.3 Å². The van der Waals surface area contributed by atoms with E-state index in [0.717, 1.165) is 29.3 Å². The van der Waals surface area contributed by atoms with Crippen LogP contribution in [0.3, 0.4) is 0 Å². The van der Waals surface area contributed by atoms with E-state index in [0.29, 0.717) is 12.2 Å². The fourth-order valence-corrected chi connectivity index (χ4v) is 5.58. The van der Waals surface area contributed by atoms with Crippen molar-refractivity contribution in [3.63, 3.8) is 0 Å². The number of aromatic amines is 1. The summed E-state index contributed by atoms with van der Waals surface area (Å²) in [4.78, 5) is 27.7. The Balaban J connectivity index is 1.68. The van der Waals surface area contributed by atoms with Gasteiger partial charge in [-0.2, -0.15) is 4.31 Å². The molecule has 0 saturated carbocycles. The van der Waals surface area contributed by atoms with Crippen LogP contribution in [-0.4, -0.2) is 49.5 Å². The van der Waals surface area contributed by atoms with E-state index in [-0.39, 0.29) is 41.8 Å². The van der Waals surface area contributed by atoms with E-state index < -0.39 is 16.0 Å². The Morgan fingerprint density at radius 1 is 1.21 bits per heavy atom. The number of benzene rings is 2. The van der Waals surface area contributed by atoms with Crippen LogP contribution in [0, 0.1) is 6.92 Å². The third kappa shape index (κ3) is 5.06. The molecule has 0 radical (unpaired) electrons. The molecule has 3 aromatic rings. The van der Waals surface area contributed by atoms with Crippen LogP contribution in [0.1, 0.15) is 41.3 Å².